The van der Waals surface area contributed by atoms with Crippen LogP contribution in [-0.2, 0) is 9.47 Å². The molecule has 2 heterocycles. The fourth-order valence-electron chi connectivity index (χ4n) is 3.36. The van der Waals surface area contributed by atoms with Crippen LogP contribution in [0.3, 0.4) is 0 Å². The molecule has 0 aromatic heterocycles. The second kappa shape index (κ2) is 6.33. The molecule has 0 radical (unpaired) electrons. The maximum Gasteiger partial charge on any atom is 0.0674 e. The van der Waals surface area contributed by atoms with Gasteiger partial charge in [-0.3, -0.25) is 4.90 Å². The maximum atomic E-state index is 6.13. The Hall–Kier alpha value is -0.160. The lowest BCUT2D eigenvalue weighted by atomic mass is 9.83. The van der Waals surface area contributed by atoms with Gasteiger partial charge >= 0.3 is 0 Å². The third-order valence-electron chi connectivity index (χ3n) is 4.43. The first-order chi connectivity index (χ1) is 8.70. The molecule has 0 aliphatic carbocycles. The van der Waals surface area contributed by atoms with Gasteiger partial charge in [0.15, 0.2) is 0 Å². The Morgan fingerprint density at radius 3 is 2.83 bits per heavy atom. The molecule has 0 aromatic rings. The van der Waals surface area contributed by atoms with E-state index in [1.807, 2.05) is 0 Å². The molecule has 2 fully saturated rings. The van der Waals surface area contributed by atoms with Gasteiger partial charge in [0.25, 0.3) is 0 Å². The zero-order valence-corrected chi connectivity index (χ0v) is 11.9. The quantitative estimate of drug-likeness (QED) is 0.825. The maximum absolute atomic E-state index is 6.13. The van der Waals surface area contributed by atoms with E-state index in [2.05, 4.69) is 18.7 Å². The Morgan fingerprint density at radius 2 is 2.17 bits per heavy atom. The lowest BCUT2D eigenvalue weighted by Gasteiger charge is -2.50. The van der Waals surface area contributed by atoms with Gasteiger partial charge in [0, 0.05) is 31.8 Å². The van der Waals surface area contributed by atoms with Crippen LogP contribution in [0.1, 0.15) is 39.5 Å². The Kier molecular flexibility index (Phi) is 5.01. The van der Waals surface area contributed by atoms with Crippen molar-refractivity contribution < 1.29 is 9.47 Å². The van der Waals surface area contributed by atoms with Gasteiger partial charge in [-0.25, -0.2) is 0 Å². The van der Waals surface area contributed by atoms with E-state index in [0.717, 1.165) is 52.1 Å². The lowest BCUT2D eigenvalue weighted by molar-refractivity contribution is -0.114. The molecule has 0 saturated carbocycles. The van der Waals surface area contributed by atoms with Gasteiger partial charge in [0.05, 0.1) is 18.8 Å². The molecular weight excluding hydrogens is 228 g/mol. The summed E-state index contributed by atoms with van der Waals surface area (Å²) >= 11 is 0. The number of hydrogen-bond acceptors (Lipinski definition) is 4. The van der Waals surface area contributed by atoms with E-state index in [1.165, 1.54) is 6.42 Å². The van der Waals surface area contributed by atoms with Crippen LogP contribution < -0.4 is 5.73 Å². The highest BCUT2D eigenvalue weighted by atomic mass is 16.5. The summed E-state index contributed by atoms with van der Waals surface area (Å²) in [6.45, 7) is 8.83. The smallest absolute Gasteiger partial charge is 0.0674 e. The number of ether oxygens (including phenoxy) is 2. The van der Waals surface area contributed by atoms with Gasteiger partial charge in [-0.15, -0.1) is 0 Å². The minimum absolute atomic E-state index is 0.149. The van der Waals surface area contributed by atoms with Crippen molar-refractivity contribution in [2.75, 3.05) is 32.8 Å². The van der Waals surface area contributed by atoms with Crippen LogP contribution in [0.4, 0.5) is 0 Å². The van der Waals surface area contributed by atoms with Gasteiger partial charge in [0.2, 0.25) is 0 Å². The van der Waals surface area contributed by atoms with Gasteiger partial charge in [0.1, 0.15) is 0 Å². The van der Waals surface area contributed by atoms with Gasteiger partial charge in [-0.05, 0) is 26.2 Å². The molecule has 3 atom stereocenters. The zero-order valence-electron chi connectivity index (χ0n) is 11.9. The van der Waals surface area contributed by atoms with Gasteiger partial charge in [-0.1, -0.05) is 13.3 Å². The van der Waals surface area contributed by atoms with Crippen molar-refractivity contribution in [1.82, 2.24) is 4.90 Å². The predicted molar refractivity (Wildman–Crippen MR) is 72.7 cm³/mol. The number of rotatable bonds is 4. The average molecular weight is 256 g/mol. The highest BCUT2D eigenvalue weighted by molar-refractivity contribution is 4.97. The minimum Gasteiger partial charge on any atom is -0.378 e. The van der Waals surface area contributed by atoms with Crippen LogP contribution in [0.2, 0.25) is 0 Å². The summed E-state index contributed by atoms with van der Waals surface area (Å²) in [6.07, 6.45) is 5.22. The second-order valence-electron chi connectivity index (χ2n) is 5.79. The van der Waals surface area contributed by atoms with E-state index in [9.17, 15) is 0 Å². The van der Waals surface area contributed by atoms with E-state index >= 15 is 0 Å². The largest absolute Gasteiger partial charge is 0.378 e. The Balaban J connectivity index is 2.03. The minimum atomic E-state index is 0.149. The van der Waals surface area contributed by atoms with Crippen molar-refractivity contribution in [3.63, 3.8) is 0 Å². The van der Waals surface area contributed by atoms with Crippen molar-refractivity contribution >= 4 is 0 Å². The summed E-state index contributed by atoms with van der Waals surface area (Å²) in [4.78, 5) is 2.56. The molecule has 2 saturated heterocycles. The summed E-state index contributed by atoms with van der Waals surface area (Å²) in [7, 11) is 0. The molecule has 2 aliphatic rings. The zero-order chi connectivity index (χ0) is 13.0. The molecule has 4 nitrogen and oxygen atoms in total. The van der Waals surface area contributed by atoms with Crippen LogP contribution in [0.15, 0.2) is 0 Å². The predicted octanol–water partition coefficient (Wildman–Crippen LogP) is 1.38. The van der Waals surface area contributed by atoms with Crippen LogP contribution in [0.5, 0.6) is 0 Å². The van der Waals surface area contributed by atoms with Crippen LogP contribution in [0.25, 0.3) is 0 Å². The third-order valence-corrected chi connectivity index (χ3v) is 4.43. The number of morpholine rings is 1. The van der Waals surface area contributed by atoms with E-state index in [-0.39, 0.29) is 5.54 Å². The van der Waals surface area contributed by atoms with Crippen LogP contribution in [-0.4, -0.2) is 55.5 Å². The molecule has 2 aliphatic heterocycles. The normalized spacial score (nSPS) is 38.8. The number of nitrogens with two attached hydrogens (primary N) is 1. The van der Waals surface area contributed by atoms with Crippen molar-refractivity contribution in [3.05, 3.63) is 0 Å². The topological polar surface area (TPSA) is 47.7 Å². The van der Waals surface area contributed by atoms with Crippen LogP contribution >= 0.6 is 0 Å². The van der Waals surface area contributed by atoms with E-state index < -0.39 is 0 Å². The molecule has 18 heavy (non-hydrogen) atoms. The molecular formula is C14H28N2O2. The van der Waals surface area contributed by atoms with E-state index in [0.29, 0.717) is 12.2 Å². The molecule has 106 valence electrons. The second-order valence-corrected chi connectivity index (χ2v) is 5.79. The molecule has 0 amide bonds. The third kappa shape index (κ3) is 3.05. The summed E-state index contributed by atoms with van der Waals surface area (Å²) in [5, 5.41) is 0. The van der Waals surface area contributed by atoms with Crippen molar-refractivity contribution in [3.8, 4) is 0 Å². The van der Waals surface area contributed by atoms with Crippen molar-refractivity contribution in [2.24, 2.45) is 5.73 Å². The Bertz CT molecular complexity index is 260. The number of nitrogens with zero attached hydrogens (tertiary/aromatic N) is 1. The van der Waals surface area contributed by atoms with E-state index in [1.54, 1.807) is 0 Å². The van der Waals surface area contributed by atoms with Gasteiger partial charge < -0.3 is 15.2 Å². The first-order valence-corrected chi connectivity index (χ1v) is 7.38. The summed E-state index contributed by atoms with van der Waals surface area (Å²) in [5.41, 5.74) is 6.28. The molecule has 0 aromatic carbocycles. The molecule has 0 bridgehead atoms. The lowest BCUT2D eigenvalue weighted by Crippen LogP contribution is -2.62. The molecule has 2 N–H and O–H groups in total. The summed E-state index contributed by atoms with van der Waals surface area (Å²) in [6, 6.07) is 0. The molecule has 3 unspecified atom stereocenters. The molecule has 4 heteroatoms. The molecule has 0 spiro atoms. The van der Waals surface area contributed by atoms with Gasteiger partial charge in [-0.2, -0.15) is 0 Å². The Morgan fingerprint density at radius 1 is 1.33 bits per heavy atom. The first kappa shape index (κ1) is 14.3. The van der Waals surface area contributed by atoms with Crippen LogP contribution in [0, 0.1) is 0 Å². The summed E-state index contributed by atoms with van der Waals surface area (Å²) < 4.78 is 11.5. The average Bonchev–Trinajstić information content (AvgIpc) is 2.39. The summed E-state index contributed by atoms with van der Waals surface area (Å²) in [5.74, 6) is 0. The molecule has 2 rings (SSSR count). The monoisotopic (exact) mass is 256 g/mol. The standard InChI is InChI=1S/C14H28N2O2/c1-3-4-13-9-14(11-15,5-7-18-13)16-6-8-17-12(2)10-16/h12-13H,3-11,15H2,1-2H3. The number of hydrogen-bond donors (Lipinski definition) is 1. The fourth-order valence-corrected chi connectivity index (χ4v) is 3.36. The fraction of sp³-hybridized carbons (Fsp3) is 1.00. The van der Waals surface area contributed by atoms with Crippen molar-refractivity contribution in [1.29, 1.82) is 0 Å². The highest BCUT2D eigenvalue weighted by Gasteiger charge is 2.41. The highest BCUT2D eigenvalue weighted by Crippen LogP contribution is 2.33. The van der Waals surface area contributed by atoms with E-state index in [4.69, 9.17) is 15.2 Å². The first-order valence-electron chi connectivity index (χ1n) is 7.38. The SMILES string of the molecule is CCCC1CC(CN)(N2CCOC(C)C2)CCO1. The van der Waals surface area contributed by atoms with Crippen molar-refractivity contribution in [2.45, 2.75) is 57.3 Å². The Labute approximate surface area is 111 Å².